The lowest BCUT2D eigenvalue weighted by Gasteiger charge is -2.22. The van der Waals surface area contributed by atoms with Gasteiger partial charge in [0.2, 0.25) is 0 Å². The van der Waals surface area contributed by atoms with Gasteiger partial charge in [-0.2, -0.15) is 0 Å². The largest absolute Gasteiger partial charge is 0.313 e. The molecule has 1 aliphatic carbocycles. The normalized spacial score (nSPS) is 14.6. The number of benzene rings is 8. The summed E-state index contributed by atoms with van der Waals surface area (Å²) >= 11 is 1.89. The van der Waals surface area contributed by atoms with E-state index in [0.717, 1.165) is 5.69 Å². The molecule has 0 saturated carbocycles. The third kappa shape index (κ3) is 4.27. The summed E-state index contributed by atoms with van der Waals surface area (Å²) < 4.78 is 5.11. The van der Waals surface area contributed by atoms with E-state index >= 15 is 0 Å². The number of anilines is 2. The summed E-state index contributed by atoms with van der Waals surface area (Å²) in [6.07, 6.45) is 2.39. The third-order valence-electron chi connectivity index (χ3n) is 11.6. The summed E-state index contributed by atoms with van der Waals surface area (Å²) in [4.78, 5) is 2.48. The predicted molar refractivity (Wildman–Crippen MR) is 229 cm³/mol. The molecule has 0 saturated heterocycles. The molecule has 2 aromatic heterocycles. The van der Waals surface area contributed by atoms with Gasteiger partial charge in [-0.15, -0.1) is 11.3 Å². The lowest BCUT2D eigenvalue weighted by molar-refractivity contribution is 1.01. The van der Waals surface area contributed by atoms with Crippen molar-refractivity contribution < 1.29 is 0 Å². The second-order valence-corrected chi connectivity index (χ2v) is 15.5. The molecule has 3 heteroatoms. The molecule has 3 heterocycles. The first-order valence-corrected chi connectivity index (χ1v) is 19.4. The van der Waals surface area contributed by atoms with E-state index in [4.69, 9.17) is 0 Å². The smallest absolute Gasteiger partial charge is 0.0542 e. The first kappa shape index (κ1) is 29.9. The number of aromatic nitrogens is 1. The summed E-state index contributed by atoms with van der Waals surface area (Å²) in [7, 11) is 0. The van der Waals surface area contributed by atoms with Crippen molar-refractivity contribution in [2.45, 2.75) is 5.92 Å². The third-order valence-corrected chi connectivity index (χ3v) is 12.8. The van der Waals surface area contributed by atoms with Crippen molar-refractivity contribution >= 4 is 70.8 Å². The quantitative estimate of drug-likeness (QED) is 0.177. The molecule has 2 nitrogen and oxygen atoms in total. The molecule has 252 valence electrons. The minimum absolute atomic E-state index is 0.258. The van der Waals surface area contributed by atoms with E-state index in [0.29, 0.717) is 0 Å². The number of fused-ring (bicyclic) bond motifs is 11. The number of thiophene rings is 1. The maximum absolute atomic E-state index is 2.48. The zero-order valence-electron chi connectivity index (χ0n) is 29.3. The molecule has 54 heavy (non-hydrogen) atoms. The molecule has 1 aliphatic heterocycles. The molecule has 1 unspecified atom stereocenters. The Bertz CT molecular complexity index is 3190. The molecule has 0 bridgehead atoms. The first-order valence-electron chi connectivity index (χ1n) is 18.6. The summed E-state index contributed by atoms with van der Waals surface area (Å²) in [5, 5.41) is 5.17. The molecule has 8 aromatic carbocycles. The van der Waals surface area contributed by atoms with Crippen molar-refractivity contribution in [3.8, 4) is 27.9 Å². The van der Waals surface area contributed by atoms with Crippen molar-refractivity contribution in [3.05, 3.63) is 204 Å². The maximum Gasteiger partial charge on any atom is 0.0542 e. The Hall–Kier alpha value is -6.68. The highest BCUT2D eigenvalue weighted by molar-refractivity contribution is 7.26. The fourth-order valence-electron chi connectivity index (χ4n) is 9.23. The second kappa shape index (κ2) is 11.4. The van der Waals surface area contributed by atoms with Crippen LogP contribution in [-0.2, 0) is 0 Å². The average Bonchev–Trinajstić information content (AvgIpc) is 3.98. The fraction of sp³-hybridized carbons (Fsp3) is 0.0196. The molecule has 10 aromatic rings. The van der Waals surface area contributed by atoms with Gasteiger partial charge in [-0.25, -0.2) is 0 Å². The Labute approximate surface area is 317 Å². The van der Waals surface area contributed by atoms with E-state index < -0.39 is 0 Å². The zero-order valence-corrected chi connectivity index (χ0v) is 30.1. The molecule has 12 rings (SSSR count). The lowest BCUT2D eigenvalue weighted by atomic mass is 9.93. The minimum Gasteiger partial charge on any atom is -0.313 e. The van der Waals surface area contributed by atoms with Gasteiger partial charge in [0, 0.05) is 48.0 Å². The van der Waals surface area contributed by atoms with Crippen LogP contribution in [0, 0.1) is 0 Å². The monoisotopic (exact) mass is 704 g/mol. The fourth-order valence-corrected chi connectivity index (χ4v) is 10.5. The van der Waals surface area contributed by atoms with Crippen LogP contribution < -0.4 is 4.90 Å². The van der Waals surface area contributed by atoms with E-state index in [2.05, 4.69) is 198 Å². The predicted octanol–water partition coefficient (Wildman–Crippen LogP) is 14.1. The van der Waals surface area contributed by atoms with Crippen LogP contribution in [0.4, 0.5) is 11.4 Å². The van der Waals surface area contributed by atoms with Crippen LogP contribution in [-0.4, -0.2) is 4.57 Å². The number of hydrogen-bond acceptors (Lipinski definition) is 2. The average molecular weight is 705 g/mol. The molecule has 1 atom stereocenters. The van der Waals surface area contributed by atoms with Gasteiger partial charge in [0.25, 0.3) is 0 Å². The van der Waals surface area contributed by atoms with Crippen LogP contribution in [0.3, 0.4) is 0 Å². The maximum atomic E-state index is 2.48. The van der Waals surface area contributed by atoms with Gasteiger partial charge in [0.05, 0.1) is 22.6 Å². The number of rotatable bonds is 4. The highest BCUT2D eigenvalue weighted by Crippen LogP contribution is 2.55. The molecule has 0 radical (unpaired) electrons. The van der Waals surface area contributed by atoms with E-state index in [1.165, 1.54) is 98.0 Å². The van der Waals surface area contributed by atoms with Crippen LogP contribution in [0.5, 0.6) is 0 Å². The second-order valence-electron chi connectivity index (χ2n) is 14.5. The zero-order chi connectivity index (χ0) is 35.3. The van der Waals surface area contributed by atoms with Crippen LogP contribution in [0.25, 0.3) is 76.0 Å². The highest BCUT2D eigenvalue weighted by atomic mass is 32.1. The van der Waals surface area contributed by atoms with Crippen LogP contribution in [0.1, 0.15) is 22.6 Å². The van der Waals surface area contributed by atoms with Gasteiger partial charge in [-0.1, -0.05) is 127 Å². The summed E-state index contributed by atoms with van der Waals surface area (Å²) in [6, 6.07) is 67.2. The topological polar surface area (TPSA) is 8.17 Å². The first-order chi connectivity index (χ1) is 26.8. The van der Waals surface area contributed by atoms with E-state index in [1.54, 1.807) is 0 Å². The number of nitrogens with zero attached hydrogens (tertiary/aromatic N) is 2. The number of allylic oxidation sites excluding steroid dienone is 1. The van der Waals surface area contributed by atoms with Gasteiger partial charge in [0.15, 0.2) is 0 Å². The molecule has 0 N–H and O–H groups in total. The lowest BCUT2D eigenvalue weighted by Crippen LogP contribution is -2.11. The van der Waals surface area contributed by atoms with E-state index in [1.807, 2.05) is 11.3 Å². The summed E-state index contributed by atoms with van der Waals surface area (Å²) in [5.41, 5.74) is 16.4. The van der Waals surface area contributed by atoms with Crippen molar-refractivity contribution in [1.29, 1.82) is 0 Å². The van der Waals surface area contributed by atoms with Crippen molar-refractivity contribution in [1.82, 2.24) is 4.57 Å². The number of hydrogen-bond donors (Lipinski definition) is 0. The van der Waals surface area contributed by atoms with Crippen LogP contribution in [0.2, 0.25) is 0 Å². The van der Waals surface area contributed by atoms with Crippen molar-refractivity contribution in [2.75, 3.05) is 4.90 Å². The van der Waals surface area contributed by atoms with E-state index in [9.17, 15) is 0 Å². The van der Waals surface area contributed by atoms with Crippen molar-refractivity contribution in [2.24, 2.45) is 0 Å². The highest BCUT2D eigenvalue weighted by Gasteiger charge is 2.39. The standard InChI is InChI=1S/C51H32N2S/c1-2-17-38-35(12-1)30-48-50(38)43-20-4-7-24-46(43)53(48)37-26-27-47-44(31-37)40-18-3-6-23-45(40)52(47)36-16-10-14-33(29-36)32-13-9-15-34(28-32)39-21-11-22-42-41-19-5-8-25-49(41)54-51(39)42/h1-31,50H. The Morgan fingerprint density at radius 1 is 0.444 bits per heavy atom. The Morgan fingerprint density at radius 2 is 1.15 bits per heavy atom. The Balaban J connectivity index is 0.976. The van der Waals surface area contributed by atoms with Crippen molar-refractivity contribution in [3.63, 3.8) is 0 Å². The molecular weight excluding hydrogens is 673 g/mol. The molecule has 0 amide bonds. The van der Waals surface area contributed by atoms with Gasteiger partial charge < -0.3 is 9.47 Å². The summed E-state index contributed by atoms with van der Waals surface area (Å²) in [6.45, 7) is 0. The van der Waals surface area contributed by atoms with Crippen LogP contribution >= 0.6 is 11.3 Å². The SMILES string of the molecule is C1=C2C(c3ccccc31)c1ccccc1N2c1ccc2c(c1)c1ccccc1n2-c1cccc(-c2cccc(-c3cccc4c3sc3ccccc34)c2)c1. The van der Waals surface area contributed by atoms with Gasteiger partial charge in [0.1, 0.15) is 0 Å². The minimum atomic E-state index is 0.258. The van der Waals surface area contributed by atoms with E-state index in [-0.39, 0.29) is 5.92 Å². The Morgan fingerprint density at radius 3 is 2.09 bits per heavy atom. The molecule has 0 fully saturated rings. The van der Waals surface area contributed by atoms with Gasteiger partial charge in [-0.05, 0) is 99.6 Å². The molecule has 0 spiro atoms. The summed E-state index contributed by atoms with van der Waals surface area (Å²) in [5.74, 6) is 0.258. The molecular formula is C51H32N2S. The molecule has 2 aliphatic rings. The Kier molecular flexibility index (Phi) is 6.31. The van der Waals surface area contributed by atoms with Gasteiger partial charge in [-0.3, -0.25) is 0 Å². The van der Waals surface area contributed by atoms with Gasteiger partial charge >= 0.3 is 0 Å². The number of para-hydroxylation sites is 2. The van der Waals surface area contributed by atoms with Crippen LogP contribution in [0.15, 0.2) is 188 Å².